The first-order valence-corrected chi connectivity index (χ1v) is 7.74. The molecule has 0 spiro atoms. The van der Waals surface area contributed by atoms with Gasteiger partial charge in [-0.3, -0.25) is 4.79 Å². The van der Waals surface area contributed by atoms with E-state index in [1.54, 1.807) is 11.8 Å². The van der Waals surface area contributed by atoms with Gasteiger partial charge in [0, 0.05) is 13.1 Å². The fourth-order valence-electron chi connectivity index (χ4n) is 2.52. The molecule has 3 nitrogen and oxygen atoms in total. The van der Waals surface area contributed by atoms with Crippen LogP contribution in [0, 0.1) is 0 Å². The van der Waals surface area contributed by atoms with E-state index >= 15 is 0 Å². The van der Waals surface area contributed by atoms with Gasteiger partial charge in [0.2, 0.25) is 5.91 Å². The fourth-order valence-corrected chi connectivity index (χ4v) is 2.68. The zero-order chi connectivity index (χ0) is 14.5. The molecule has 20 heavy (non-hydrogen) atoms. The predicted octanol–water partition coefficient (Wildman–Crippen LogP) is 2.90. The minimum Gasteiger partial charge on any atom is -0.392 e. The lowest BCUT2D eigenvalue weighted by Crippen LogP contribution is -2.36. The molecule has 1 aliphatic carbocycles. The van der Waals surface area contributed by atoms with Crippen LogP contribution in [0.1, 0.15) is 43.2 Å². The van der Waals surface area contributed by atoms with E-state index in [0.29, 0.717) is 13.1 Å². The molecular formula is C16H22ClNO2. The molecular weight excluding hydrogens is 274 g/mol. The van der Waals surface area contributed by atoms with E-state index in [9.17, 15) is 9.90 Å². The summed E-state index contributed by atoms with van der Waals surface area (Å²) in [5.41, 5.74) is 2.47. The number of carbonyl (C=O) groups excluding carboxylic acids is 1. The third-order valence-electron chi connectivity index (χ3n) is 3.88. The van der Waals surface area contributed by atoms with Gasteiger partial charge in [0.15, 0.2) is 0 Å². The first-order chi connectivity index (χ1) is 9.60. The number of carbonyl (C=O) groups is 1. The fraction of sp³-hybridized carbons (Fsp3) is 0.562. The second kappa shape index (κ2) is 7.09. The molecule has 1 aromatic rings. The quantitative estimate of drug-likeness (QED) is 0.820. The SMILES string of the molecule is C[C@@H](O)CN(Cc1ccc(C2CCC2)cc1)C(=O)CCl. The lowest BCUT2D eigenvalue weighted by atomic mass is 9.80. The standard InChI is InChI=1S/C16H22ClNO2/c1-12(19)10-18(16(20)9-17)11-13-5-7-15(8-6-13)14-3-2-4-14/h5-8,12,14,19H,2-4,9-11H2,1H3/t12-/m1/s1. The number of halogens is 1. The highest BCUT2D eigenvalue weighted by Gasteiger charge is 2.19. The lowest BCUT2D eigenvalue weighted by molar-refractivity contribution is -0.130. The average Bonchev–Trinajstić information content (AvgIpc) is 2.36. The molecule has 1 aromatic carbocycles. The number of aliphatic hydroxyl groups excluding tert-OH is 1. The summed E-state index contributed by atoms with van der Waals surface area (Å²) in [4.78, 5) is 13.4. The van der Waals surface area contributed by atoms with Crippen LogP contribution in [0.25, 0.3) is 0 Å². The van der Waals surface area contributed by atoms with Crippen LogP contribution in [-0.2, 0) is 11.3 Å². The van der Waals surface area contributed by atoms with Gasteiger partial charge < -0.3 is 10.0 Å². The summed E-state index contributed by atoms with van der Waals surface area (Å²) in [7, 11) is 0. The maximum absolute atomic E-state index is 11.8. The van der Waals surface area contributed by atoms with Gasteiger partial charge in [-0.2, -0.15) is 0 Å². The number of nitrogens with zero attached hydrogens (tertiary/aromatic N) is 1. The zero-order valence-corrected chi connectivity index (χ0v) is 12.6. The molecule has 0 aromatic heterocycles. The van der Waals surface area contributed by atoms with Gasteiger partial charge in [0.25, 0.3) is 0 Å². The molecule has 0 heterocycles. The summed E-state index contributed by atoms with van der Waals surface area (Å²) in [6.45, 7) is 2.49. The van der Waals surface area contributed by atoms with Gasteiger partial charge in [0.05, 0.1) is 6.10 Å². The molecule has 0 bridgehead atoms. The first-order valence-electron chi connectivity index (χ1n) is 7.20. The van der Waals surface area contributed by atoms with Gasteiger partial charge in [-0.05, 0) is 36.8 Å². The van der Waals surface area contributed by atoms with Crippen molar-refractivity contribution in [2.45, 2.75) is 44.8 Å². The molecule has 1 amide bonds. The minimum absolute atomic E-state index is 0.0487. The number of aliphatic hydroxyl groups is 1. The largest absolute Gasteiger partial charge is 0.392 e. The van der Waals surface area contributed by atoms with Crippen LogP contribution in [0.4, 0.5) is 0 Å². The number of hydrogen-bond donors (Lipinski definition) is 1. The third kappa shape index (κ3) is 3.97. The summed E-state index contributed by atoms with van der Waals surface area (Å²) < 4.78 is 0. The Labute approximate surface area is 125 Å². The smallest absolute Gasteiger partial charge is 0.237 e. The van der Waals surface area contributed by atoms with Crippen molar-refractivity contribution in [1.29, 1.82) is 0 Å². The van der Waals surface area contributed by atoms with Crippen molar-refractivity contribution in [3.63, 3.8) is 0 Å². The van der Waals surface area contributed by atoms with Crippen molar-refractivity contribution in [3.05, 3.63) is 35.4 Å². The van der Waals surface area contributed by atoms with Gasteiger partial charge in [-0.15, -0.1) is 11.6 Å². The van der Waals surface area contributed by atoms with Gasteiger partial charge in [0.1, 0.15) is 5.88 Å². The minimum atomic E-state index is -0.545. The van der Waals surface area contributed by atoms with E-state index in [1.807, 2.05) is 0 Å². The van der Waals surface area contributed by atoms with E-state index in [-0.39, 0.29) is 11.8 Å². The van der Waals surface area contributed by atoms with Gasteiger partial charge in [-0.25, -0.2) is 0 Å². The predicted molar refractivity (Wildman–Crippen MR) is 80.9 cm³/mol. The summed E-state index contributed by atoms with van der Waals surface area (Å²) in [6.07, 6.45) is 3.37. The zero-order valence-electron chi connectivity index (χ0n) is 11.9. The Balaban J connectivity index is 1.99. The van der Waals surface area contributed by atoms with Crippen LogP contribution in [-0.4, -0.2) is 34.4 Å². The molecule has 1 atom stereocenters. The molecule has 2 rings (SSSR count). The highest BCUT2D eigenvalue weighted by Crippen LogP contribution is 2.36. The molecule has 4 heteroatoms. The van der Waals surface area contributed by atoms with Crippen molar-refractivity contribution in [1.82, 2.24) is 4.90 Å². The number of alkyl halides is 1. The number of benzene rings is 1. The van der Waals surface area contributed by atoms with Gasteiger partial charge >= 0.3 is 0 Å². The number of amides is 1. The van der Waals surface area contributed by atoms with Crippen LogP contribution in [0.15, 0.2) is 24.3 Å². The topological polar surface area (TPSA) is 40.5 Å². The molecule has 0 aliphatic heterocycles. The van der Waals surface area contributed by atoms with E-state index in [0.717, 1.165) is 11.5 Å². The van der Waals surface area contributed by atoms with Crippen LogP contribution < -0.4 is 0 Å². The maximum atomic E-state index is 11.8. The van der Waals surface area contributed by atoms with Crippen LogP contribution >= 0.6 is 11.6 Å². The Hall–Kier alpha value is -1.06. The molecule has 0 saturated heterocycles. The summed E-state index contributed by atoms with van der Waals surface area (Å²) in [5, 5.41) is 9.46. The number of rotatable bonds is 6. The average molecular weight is 296 g/mol. The highest BCUT2D eigenvalue weighted by atomic mass is 35.5. The highest BCUT2D eigenvalue weighted by molar-refractivity contribution is 6.27. The summed E-state index contributed by atoms with van der Waals surface area (Å²) in [6, 6.07) is 8.46. The molecule has 0 radical (unpaired) electrons. The Morgan fingerprint density at radius 3 is 2.50 bits per heavy atom. The second-order valence-corrected chi connectivity index (χ2v) is 5.89. The Kier molecular flexibility index (Phi) is 5.44. The summed E-state index contributed by atoms with van der Waals surface area (Å²) >= 11 is 5.62. The molecule has 1 saturated carbocycles. The molecule has 1 aliphatic rings. The molecule has 0 unspecified atom stereocenters. The monoisotopic (exact) mass is 295 g/mol. The maximum Gasteiger partial charge on any atom is 0.237 e. The Bertz CT molecular complexity index is 440. The Morgan fingerprint density at radius 1 is 1.40 bits per heavy atom. The van der Waals surface area contributed by atoms with E-state index in [1.165, 1.54) is 24.8 Å². The Morgan fingerprint density at radius 2 is 2.05 bits per heavy atom. The second-order valence-electron chi connectivity index (χ2n) is 5.63. The molecule has 1 fully saturated rings. The van der Waals surface area contributed by atoms with Crippen LogP contribution in [0.3, 0.4) is 0 Å². The van der Waals surface area contributed by atoms with Crippen molar-refractivity contribution in [3.8, 4) is 0 Å². The van der Waals surface area contributed by atoms with E-state index in [4.69, 9.17) is 11.6 Å². The van der Waals surface area contributed by atoms with Crippen LogP contribution in [0.5, 0.6) is 0 Å². The van der Waals surface area contributed by atoms with Crippen LogP contribution in [0.2, 0.25) is 0 Å². The first kappa shape index (κ1) is 15.3. The van der Waals surface area contributed by atoms with E-state index in [2.05, 4.69) is 24.3 Å². The van der Waals surface area contributed by atoms with E-state index < -0.39 is 6.10 Å². The summed E-state index contributed by atoms with van der Waals surface area (Å²) in [5.74, 6) is 0.532. The van der Waals surface area contributed by atoms with Gasteiger partial charge in [-0.1, -0.05) is 30.7 Å². The number of hydrogen-bond acceptors (Lipinski definition) is 2. The van der Waals surface area contributed by atoms with Crippen molar-refractivity contribution in [2.24, 2.45) is 0 Å². The van der Waals surface area contributed by atoms with Crippen molar-refractivity contribution in [2.75, 3.05) is 12.4 Å². The van der Waals surface area contributed by atoms with Crippen molar-refractivity contribution < 1.29 is 9.90 Å². The molecule has 1 N–H and O–H groups in total. The lowest BCUT2D eigenvalue weighted by Gasteiger charge is -2.26. The molecule has 110 valence electrons. The van der Waals surface area contributed by atoms with Crippen molar-refractivity contribution >= 4 is 17.5 Å². The normalized spacial score (nSPS) is 16.6. The third-order valence-corrected chi connectivity index (χ3v) is 4.11.